The van der Waals surface area contributed by atoms with Crippen LogP contribution in [0, 0.1) is 0 Å². The highest BCUT2D eigenvalue weighted by Crippen LogP contribution is 2.16. The van der Waals surface area contributed by atoms with E-state index in [4.69, 9.17) is 17.0 Å². The van der Waals surface area contributed by atoms with E-state index in [0.717, 1.165) is 17.1 Å². The molecule has 4 heteroatoms. The van der Waals surface area contributed by atoms with E-state index in [9.17, 15) is 0 Å². The number of nitrogens with one attached hydrogen (secondary N) is 2. The highest BCUT2D eigenvalue weighted by molar-refractivity contribution is 7.80. The van der Waals surface area contributed by atoms with Gasteiger partial charge in [0.15, 0.2) is 5.11 Å². The van der Waals surface area contributed by atoms with Crippen molar-refractivity contribution in [3.05, 3.63) is 67.3 Å². The second-order valence-electron chi connectivity index (χ2n) is 4.07. The van der Waals surface area contributed by atoms with Crippen LogP contribution in [0.1, 0.15) is 0 Å². The minimum absolute atomic E-state index is 0.501. The topological polar surface area (TPSA) is 33.3 Å². The molecule has 2 aromatic rings. The van der Waals surface area contributed by atoms with Gasteiger partial charge in [-0.2, -0.15) is 0 Å². The normalized spacial score (nSPS) is 9.60. The zero-order chi connectivity index (χ0) is 14.2. The van der Waals surface area contributed by atoms with Crippen LogP contribution in [0.3, 0.4) is 0 Å². The van der Waals surface area contributed by atoms with Gasteiger partial charge in [0.1, 0.15) is 12.4 Å². The molecule has 0 bridgehead atoms. The monoisotopic (exact) mass is 284 g/mol. The maximum Gasteiger partial charge on any atom is 0.175 e. The van der Waals surface area contributed by atoms with Gasteiger partial charge >= 0.3 is 0 Å². The van der Waals surface area contributed by atoms with Crippen molar-refractivity contribution in [3.63, 3.8) is 0 Å². The zero-order valence-electron chi connectivity index (χ0n) is 11.0. The average molecular weight is 284 g/mol. The lowest BCUT2D eigenvalue weighted by molar-refractivity contribution is 0.363. The van der Waals surface area contributed by atoms with Crippen molar-refractivity contribution >= 4 is 28.7 Å². The van der Waals surface area contributed by atoms with Crippen LogP contribution in [0.25, 0.3) is 0 Å². The fourth-order valence-corrected chi connectivity index (χ4v) is 1.84. The Kier molecular flexibility index (Phi) is 5.15. The molecule has 0 radical (unpaired) electrons. The highest BCUT2D eigenvalue weighted by atomic mass is 32.1. The van der Waals surface area contributed by atoms with Crippen LogP contribution in [-0.2, 0) is 0 Å². The molecule has 0 aromatic heterocycles. The number of anilines is 2. The van der Waals surface area contributed by atoms with Gasteiger partial charge in [0.05, 0.1) is 0 Å². The van der Waals surface area contributed by atoms with E-state index in [-0.39, 0.29) is 0 Å². The summed E-state index contributed by atoms with van der Waals surface area (Å²) in [5.41, 5.74) is 1.86. The third kappa shape index (κ3) is 4.40. The first-order valence-corrected chi connectivity index (χ1v) is 6.65. The fraction of sp³-hybridized carbons (Fsp3) is 0.0625. The minimum Gasteiger partial charge on any atom is -0.490 e. The van der Waals surface area contributed by atoms with E-state index in [0.29, 0.717) is 11.7 Å². The number of hydrogen-bond donors (Lipinski definition) is 2. The van der Waals surface area contributed by atoms with Gasteiger partial charge in [-0.3, -0.25) is 0 Å². The molecule has 102 valence electrons. The second kappa shape index (κ2) is 7.31. The lowest BCUT2D eigenvalue weighted by Gasteiger charge is -2.11. The minimum atomic E-state index is 0.501. The van der Waals surface area contributed by atoms with Crippen LogP contribution in [0.2, 0.25) is 0 Å². The molecular weight excluding hydrogens is 268 g/mol. The van der Waals surface area contributed by atoms with E-state index in [1.165, 1.54) is 0 Å². The van der Waals surface area contributed by atoms with Gasteiger partial charge in [-0.1, -0.05) is 30.9 Å². The number of ether oxygens (including phenoxy) is 1. The van der Waals surface area contributed by atoms with Crippen LogP contribution >= 0.6 is 12.2 Å². The van der Waals surface area contributed by atoms with Gasteiger partial charge in [-0.05, 0) is 48.6 Å². The Morgan fingerprint density at radius 1 is 1.00 bits per heavy atom. The molecule has 0 atom stereocenters. The summed E-state index contributed by atoms with van der Waals surface area (Å²) >= 11 is 5.25. The fourth-order valence-electron chi connectivity index (χ4n) is 1.60. The molecule has 2 aromatic carbocycles. The van der Waals surface area contributed by atoms with Crippen molar-refractivity contribution in [1.82, 2.24) is 0 Å². The lowest BCUT2D eigenvalue weighted by Crippen LogP contribution is -2.18. The van der Waals surface area contributed by atoms with E-state index in [1.54, 1.807) is 6.08 Å². The van der Waals surface area contributed by atoms with Crippen LogP contribution in [0.15, 0.2) is 67.3 Å². The SMILES string of the molecule is C=CCOc1ccc(NC(=S)Nc2ccccc2)cc1. The highest BCUT2D eigenvalue weighted by Gasteiger charge is 1.99. The van der Waals surface area contributed by atoms with Crippen molar-refractivity contribution in [3.8, 4) is 5.75 Å². The molecule has 20 heavy (non-hydrogen) atoms. The molecule has 0 aliphatic rings. The van der Waals surface area contributed by atoms with Gasteiger partial charge in [-0.25, -0.2) is 0 Å². The molecule has 0 amide bonds. The lowest BCUT2D eigenvalue weighted by atomic mass is 10.3. The van der Waals surface area contributed by atoms with Crippen LogP contribution in [0.4, 0.5) is 11.4 Å². The van der Waals surface area contributed by atoms with Crippen molar-refractivity contribution in [2.24, 2.45) is 0 Å². The van der Waals surface area contributed by atoms with Gasteiger partial charge in [-0.15, -0.1) is 0 Å². The van der Waals surface area contributed by atoms with Crippen molar-refractivity contribution in [1.29, 1.82) is 0 Å². The van der Waals surface area contributed by atoms with E-state index in [2.05, 4.69) is 17.2 Å². The summed E-state index contributed by atoms with van der Waals surface area (Å²) in [5.74, 6) is 0.803. The summed E-state index contributed by atoms with van der Waals surface area (Å²) in [6, 6.07) is 17.4. The quantitative estimate of drug-likeness (QED) is 0.641. The molecule has 0 spiro atoms. The number of para-hydroxylation sites is 1. The van der Waals surface area contributed by atoms with Crippen LogP contribution < -0.4 is 15.4 Å². The molecule has 0 heterocycles. The second-order valence-corrected chi connectivity index (χ2v) is 4.48. The Balaban J connectivity index is 1.89. The van der Waals surface area contributed by atoms with Gasteiger partial charge < -0.3 is 15.4 Å². The first-order chi connectivity index (χ1) is 9.78. The first-order valence-electron chi connectivity index (χ1n) is 6.25. The maximum atomic E-state index is 5.42. The predicted molar refractivity (Wildman–Crippen MR) is 88.4 cm³/mol. The van der Waals surface area contributed by atoms with E-state index >= 15 is 0 Å². The Hall–Kier alpha value is -2.33. The summed E-state index contributed by atoms with van der Waals surface area (Å²) < 4.78 is 5.42. The summed E-state index contributed by atoms with van der Waals surface area (Å²) in [4.78, 5) is 0. The Morgan fingerprint density at radius 3 is 2.20 bits per heavy atom. The molecule has 0 aliphatic heterocycles. The predicted octanol–water partition coefficient (Wildman–Crippen LogP) is 4.06. The number of hydrogen-bond acceptors (Lipinski definition) is 2. The number of benzene rings is 2. The molecule has 0 fully saturated rings. The third-order valence-electron chi connectivity index (χ3n) is 2.51. The molecule has 3 nitrogen and oxygen atoms in total. The zero-order valence-corrected chi connectivity index (χ0v) is 11.8. The van der Waals surface area contributed by atoms with Crippen molar-refractivity contribution < 1.29 is 4.74 Å². The van der Waals surface area contributed by atoms with E-state index in [1.807, 2.05) is 54.6 Å². The van der Waals surface area contributed by atoms with Gasteiger partial charge in [0.25, 0.3) is 0 Å². The largest absolute Gasteiger partial charge is 0.490 e. The number of rotatable bonds is 5. The first kappa shape index (κ1) is 14.1. The van der Waals surface area contributed by atoms with Gasteiger partial charge in [0, 0.05) is 11.4 Å². The Labute approximate surface area is 124 Å². The van der Waals surface area contributed by atoms with Crippen LogP contribution in [0.5, 0.6) is 5.75 Å². The summed E-state index contributed by atoms with van der Waals surface area (Å²) in [6.07, 6.45) is 1.71. The standard InChI is InChI=1S/C16H16N2OS/c1-2-12-19-15-10-8-14(9-11-15)18-16(20)17-13-6-4-3-5-7-13/h2-11H,1,12H2,(H2,17,18,20). The Morgan fingerprint density at radius 2 is 1.60 bits per heavy atom. The molecule has 0 unspecified atom stereocenters. The molecule has 0 saturated carbocycles. The van der Waals surface area contributed by atoms with E-state index < -0.39 is 0 Å². The summed E-state index contributed by atoms with van der Waals surface area (Å²) in [7, 11) is 0. The summed E-state index contributed by atoms with van der Waals surface area (Å²) in [5, 5.41) is 6.79. The molecule has 0 aliphatic carbocycles. The van der Waals surface area contributed by atoms with Crippen LogP contribution in [-0.4, -0.2) is 11.7 Å². The smallest absolute Gasteiger partial charge is 0.175 e. The van der Waals surface area contributed by atoms with Crippen molar-refractivity contribution in [2.75, 3.05) is 17.2 Å². The molecular formula is C16H16N2OS. The Bertz CT molecular complexity index is 567. The average Bonchev–Trinajstić information content (AvgIpc) is 2.47. The molecule has 2 rings (SSSR count). The number of thiocarbonyl (C=S) groups is 1. The van der Waals surface area contributed by atoms with Crippen molar-refractivity contribution in [2.45, 2.75) is 0 Å². The van der Waals surface area contributed by atoms with Gasteiger partial charge in [0.2, 0.25) is 0 Å². The summed E-state index contributed by atoms with van der Waals surface area (Å²) in [6.45, 7) is 4.11. The maximum absolute atomic E-state index is 5.42. The molecule has 2 N–H and O–H groups in total. The third-order valence-corrected chi connectivity index (χ3v) is 2.72. The molecule has 0 saturated heterocycles.